The van der Waals surface area contributed by atoms with E-state index in [1.54, 1.807) is 11.3 Å². The average Bonchev–Trinajstić information content (AvgIpc) is 2.27. The van der Waals surface area contributed by atoms with Crippen molar-refractivity contribution in [2.75, 3.05) is 0 Å². The number of nitrogens with zero attached hydrogens (tertiary/aromatic N) is 2. The van der Waals surface area contributed by atoms with Gasteiger partial charge in [-0.15, -0.1) is 11.3 Å². The Bertz CT molecular complexity index is 480. The first-order valence-corrected chi connectivity index (χ1v) is 5.67. The van der Waals surface area contributed by atoms with Crippen LogP contribution in [0.25, 0.3) is 10.2 Å². The Hall–Kier alpha value is -0.190. The number of hydrogen-bond donors (Lipinski definition) is 0. The summed E-state index contributed by atoms with van der Waals surface area (Å²) in [5, 5.41) is 1.43. The van der Waals surface area contributed by atoms with Crippen molar-refractivity contribution in [2.45, 2.75) is 13.8 Å². The molecule has 68 valence electrons. The van der Waals surface area contributed by atoms with Crippen molar-refractivity contribution in [3.05, 3.63) is 20.3 Å². The number of aromatic nitrogens is 2. The van der Waals surface area contributed by atoms with E-state index >= 15 is 0 Å². The van der Waals surface area contributed by atoms with Crippen LogP contribution in [0, 0.1) is 13.8 Å². The summed E-state index contributed by atoms with van der Waals surface area (Å²) in [7, 11) is 0. The van der Waals surface area contributed by atoms with Crippen LogP contribution in [0.2, 0.25) is 5.28 Å². The predicted molar refractivity (Wildman–Crippen MR) is 59.6 cm³/mol. The number of fused-ring (bicyclic) bond motifs is 1. The maximum Gasteiger partial charge on any atom is 0.223 e. The third-order valence-corrected chi connectivity index (χ3v) is 4.11. The molecule has 2 aromatic heterocycles. The summed E-state index contributed by atoms with van der Waals surface area (Å²) in [6.07, 6.45) is 0. The maximum absolute atomic E-state index is 5.75. The fourth-order valence-electron chi connectivity index (χ4n) is 1.28. The molecule has 0 aliphatic rings. The average molecular weight is 278 g/mol. The van der Waals surface area contributed by atoms with Gasteiger partial charge in [0.15, 0.2) is 0 Å². The van der Waals surface area contributed by atoms with Gasteiger partial charge in [0.25, 0.3) is 0 Å². The topological polar surface area (TPSA) is 25.8 Å². The lowest BCUT2D eigenvalue weighted by Crippen LogP contribution is -1.87. The van der Waals surface area contributed by atoms with Gasteiger partial charge in [0.2, 0.25) is 5.28 Å². The number of hydrogen-bond acceptors (Lipinski definition) is 3. The van der Waals surface area contributed by atoms with Gasteiger partial charge in [-0.3, -0.25) is 0 Å². The van der Waals surface area contributed by atoms with Crippen LogP contribution in [-0.4, -0.2) is 9.97 Å². The molecule has 2 nitrogen and oxygen atoms in total. The Morgan fingerprint density at radius 1 is 1.31 bits per heavy atom. The monoisotopic (exact) mass is 276 g/mol. The van der Waals surface area contributed by atoms with E-state index < -0.39 is 0 Å². The van der Waals surface area contributed by atoms with Crippen LogP contribution >= 0.6 is 38.9 Å². The summed E-state index contributed by atoms with van der Waals surface area (Å²) in [6.45, 7) is 4.00. The van der Waals surface area contributed by atoms with Gasteiger partial charge in [-0.05, 0) is 46.9 Å². The molecule has 2 rings (SSSR count). The minimum atomic E-state index is 0.318. The van der Waals surface area contributed by atoms with Crippen molar-refractivity contribution in [3.63, 3.8) is 0 Å². The molecule has 0 fully saturated rings. The van der Waals surface area contributed by atoms with Gasteiger partial charge in [0, 0.05) is 5.39 Å². The van der Waals surface area contributed by atoms with E-state index in [1.807, 2.05) is 13.8 Å². The molecule has 0 saturated heterocycles. The second-order valence-corrected chi connectivity index (χ2v) is 5.41. The van der Waals surface area contributed by atoms with Crippen LogP contribution in [0.4, 0.5) is 0 Å². The maximum atomic E-state index is 5.75. The predicted octanol–water partition coefficient (Wildman–Crippen LogP) is 3.72. The van der Waals surface area contributed by atoms with E-state index in [0.29, 0.717) is 5.28 Å². The molecule has 0 spiro atoms. The molecule has 0 radical (unpaired) electrons. The Morgan fingerprint density at radius 3 is 2.69 bits per heavy atom. The van der Waals surface area contributed by atoms with Crippen molar-refractivity contribution < 1.29 is 0 Å². The first kappa shape index (κ1) is 9.37. The molecule has 0 aliphatic heterocycles. The highest BCUT2D eigenvalue weighted by Crippen LogP contribution is 2.35. The number of thiophene rings is 1. The zero-order valence-corrected chi connectivity index (χ0v) is 10.2. The minimum absolute atomic E-state index is 0.318. The molecule has 0 saturated carbocycles. The smallest absolute Gasteiger partial charge is 0.223 e. The zero-order chi connectivity index (χ0) is 9.59. The number of halogens is 2. The molecule has 0 bridgehead atoms. The molecule has 0 unspecified atom stereocenters. The third kappa shape index (κ3) is 1.47. The van der Waals surface area contributed by atoms with Gasteiger partial charge in [-0.2, -0.15) is 0 Å². The van der Waals surface area contributed by atoms with E-state index in [9.17, 15) is 0 Å². The van der Waals surface area contributed by atoms with Crippen molar-refractivity contribution in [1.82, 2.24) is 9.97 Å². The van der Waals surface area contributed by atoms with Crippen LogP contribution in [0.1, 0.15) is 11.3 Å². The molecule has 2 aromatic rings. The molecule has 0 N–H and O–H groups in total. The van der Waals surface area contributed by atoms with Gasteiger partial charge in [-0.1, -0.05) is 0 Å². The highest BCUT2D eigenvalue weighted by atomic mass is 79.9. The summed E-state index contributed by atoms with van der Waals surface area (Å²) in [5.74, 6) is 0. The summed E-state index contributed by atoms with van der Waals surface area (Å²) in [4.78, 5) is 9.22. The lowest BCUT2D eigenvalue weighted by Gasteiger charge is -1.96. The van der Waals surface area contributed by atoms with Crippen LogP contribution in [0.15, 0.2) is 3.79 Å². The molecule has 13 heavy (non-hydrogen) atoms. The van der Waals surface area contributed by atoms with Gasteiger partial charge >= 0.3 is 0 Å². The van der Waals surface area contributed by atoms with Crippen molar-refractivity contribution >= 4 is 49.1 Å². The van der Waals surface area contributed by atoms with Gasteiger partial charge in [0.1, 0.15) is 4.83 Å². The zero-order valence-electron chi connectivity index (χ0n) is 7.06. The standard InChI is InChI=1S/C8H6BrClN2S/c1-3-5-4(2)11-8(10)12-7(5)13-6(3)9/h1-2H3. The molecular weight excluding hydrogens is 272 g/mol. The largest absolute Gasteiger partial charge is 0.223 e. The van der Waals surface area contributed by atoms with Gasteiger partial charge in [0.05, 0.1) is 9.48 Å². The molecule has 0 amide bonds. The molecule has 0 atom stereocenters. The molecular formula is C8H6BrClN2S. The second kappa shape index (κ2) is 3.19. The van der Waals surface area contributed by atoms with Crippen LogP contribution in [0.5, 0.6) is 0 Å². The molecule has 5 heteroatoms. The third-order valence-electron chi connectivity index (χ3n) is 1.89. The van der Waals surface area contributed by atoms with E-state index in [1.165, 1.54) is 5.56 Å². The van der Waals surface area contributed by atoms with E-state index in [4.69, 9.17) is 11.6 Å². The normalized spacial score (nSPS) is 11.1. The number of aryl methyl sites for hydroxylation is 2. The first-order valence-electron chi connectivity index (χ1n) is 3.68. The van der Waals surface area contributed by atoms with Gasteiger partial charge < -0.3 is 0 Å². The highest BCUT2D eigenvalue weighted by molar-refractivity contribution is 9.11. The molecule has 0 aliphatic carbocycles. The van der Waals surface area contributed by atoms with Crippen LogP contribution in [0.3, 0.4) is 0 Å². The summed E-state index contributed by atoms with van der Waals surface area (Å²) in [5.41, 5.74) is 2.13. The summed E-state index contributed by atoms with van der Waals surface area (Å²) in [6, 6.07) is 0. The fraction of sp³-hybridized carbons (Fsp3) is 0.250. The van der Waals surface area contributed by atoms with Crippen molar-refractivity contribution in [2.24, 2.45) is 0 Å². The molecule has 0 aromatic carbocycles. The SMILES string of the molecule is Cc1nc(Cl)nc2sc(Br)c(C)c12. The fourth-order valence-corrected chi connectivity index (χ4v) is 3.16. The lowest BCUT2D eigenvalue weighted by atomic mass is 10.2. The van der Waals surface area contributed by atoms with Gasteiger partial charge in [-0.25, -0.2) is 9.97 Å². The summed E-state index contributed by atoms with van der Waals surface area (Å²) >= 11 is 10.8. The second-order valence-electron chi connectivity index (χ2n) is 2.76. The lowest BCUT2D eigenvalue weighted by molar-refractivity contribution is 1.16. The van der Waals surface area contributed by atoms with E-state index in [2.05, 4.69) is 25.9 Å². The summed E-state index contributed by atoms with van der Waals surface area (Å²) < 4.78 is 1.10. The first-order chi connectivity index (χ1) is 6.09. The van der Waals surface area contributed by atoms with Crippen LogP contribution < -0.4 is 0 Å². The Kier molecular flexibility index (Phi) is 2.30. The Labute approximate surface area is 93.1 Å². The minimum Gasteiger partial charge on any atom is -0.223 e. The molecule has 2 heterocycles. The Morgan fingerprint density at radius 2 is 2.00 bits per heavy atom. The van der Waals surface area contributed by atoms with Crippen molar-refractivity contribution in [1.29, 1.82) is 0 Å². The van der Waals surface area contributed by atoms with E-state index in [-0.39, 0.29) is 0 Å². The van der Waals surface area contributed by atoms with Crippen LogP contribution in [-0.2, 0) is 0 Å². The van der Waals surface area contributed by atoms with Crippen molar-refractivity contribution in [3.8, 4) is 0 Å². The Balaban J connectivity index is 2.94. The van der Waals surface area contributed by atoms with E-state index in [0.717, 1.165) is 19.7 Å². The number of rotatable bonds is 0. The highest BCUT2D eigenvalue weighted by Gasteiger charge is 2.11. The quantitative estimate of drug-likeness (QED) is 0.686.